The third-order valence-corrected chi connectivity index (χ3v) is 10.8. The highest BCUT2D eigenvalue weighted by Crippen LogP contribution is 2.16. The maximum Gasteiger partial charge on any atom is 0.305 e. The minimum Gasteiger partial charge on any atom is -0.466 e. The second-order valence-electron chi connectivity index (χ2n) is 16.0. The summed E-state index contributed by atoms with van der Waals surface area (Å²) < 4.78 is 10.9. The van der Waals surface area contributed by atoms with Gasteiger partial charge in [-0.25, -0.2) is 0 Å². The molecule has 0 aliphatic carbocycles. The van der Waals surface area contributed by atoms with E-state index in [1.165, 1.54) is 225 Å². The normalized spacial score (nSPS) is 11.3. The fourth-order valence-corrected chi connectivity index (χ4v) is 7.24. The van der Waals surface area contributed by atoms with Crippen molar-refractivity contribution in [3.05, 3.63) is 0 Å². The lowest BCUT2D eigenvalue weighted by Crippen LogP contribution is -2.05. The number of esters is 2. The molecule has 0 radical (unpaired) electrons. The van der Waals surface area contributed by atoms with Crippen LogP contribution in [-0.2, 0) is 19.1 Å². The standard InChI is InChI=1S/C47H92O4/c1-3-5-7-9-11-13-15-18-22-26-30-34-38-42-46(48)50-44-40-36-32-28-24-20-17-21-25-29-33-37-41-45-51-47(49)43-39-35-31-27-23-19-16-14-12-10-8-6-4-2/h3-45H2,1-2H3. The van der Waals surface area contributed by atoms with Crippen LogP contribution in [0, 0.1) is 0 Å². The van der Waals surface area contributed by atoms with Crippen LogP contribution in [0.1, 0.15) is 277 Å². The van der Waals surface area contributed by atoms with Crippen LogP contribution < -0.4 is 0 Å². The Hall–Kier alpha value is -1.06. The van der Waals surface area contributed by atoms with Crippen molar-refractivity contribution in [1.29, 1.82) is 0 Å². The van der Waals surface area contributed by atoms with E-state index in [1.54, 1.807) is 0 Å². The van der Waals surface area contributed by atoms with E-state index >= 15 is 0 Å². The summed E-state index contributed by atoms with van der Waals surface area (Å²) in [6, 6.07) is 0. The van der Waals surface area contributed by atoms with Crippen LogP contribution in [0.15, 0.2) is 0 Å². The molecule has 0 aromatic rings. The molecule has 0 bridgehead atoms. The van der Waals surface area contributed by atoms with Crippen LogP contribution in [0.25, 0.3) is 0 Å². The molecule has 4 heteroatoms. The van der Waals surface area contributed by atoms with E-state index in [0.717, 1.165) is 25.7 Å². The Morgan fingerprint density at radius 1 is 0.255 bits per heavy atom. The molecule has 0 rings (SSSR count). The van der Waals surface area contributed by atoms with Crippen molar-refractivity contribution in [2.45, 2.75) is 277 Å². The van der Waals surface area contributed by atoms with Crippen LogP contribution in [-0.4, -0.2) is 25.2 Å². The van der Waals surface area contributed by atoms with Gasteiger partial charge in [0, 0.05) is 12.8 Å². The van der Waals surface area contributed by atoms with E-state index in [9.17, 15) is 9.59 Å². The Balaban J connectivity index is 3.20. The molecule has 0 N–H and O–H groups in total. The van der Waals surface area contributed by atoms with E-state index < -0.39 is 0 Å². The zero-order chi connectivity index (χ0) is 37.0. The van der Waals surface area contributed by atoms with Crippen molar-refractivity contribution in [2.24, 2.45) is 0 Å². The van der Waals surface area contributed by atoms with Crippen LogP contribution in [0.2, 0.25) is 0 Å². The third kappa shape index (κ3) is 45.0. The molecule has 0 spiro atoms. The van der Waals surface area contributed by atoms with E-state index in [0.29, 0.717) is 26.1 Å². The Labute approximate surface area is 320 Å². The summed E-state index contributed by atoms with van der Waals surface area (Å²) in [5, 5.41) is 0. The minimum atomic E-state index is 0.0110. The Kier molecular flexibility index (Phi) is 44.2. The molecule has 0 aromatic heterocycles. The smallest absolute Gasteiger partial charge is 0.305 e. The van der Waals surface area contributed by atoms with Gasteiger partial charge in [0.05, 0.1) is 13.2 Å². The van der Waals surface area contributed by atoms with Crippen molar-refractivity contribution in [2.75, 3.05) is 13.2 Å². The molecule has 51 heavy (non-hydrogen) atoms. The molecule has 0 unspecified atom stereocenters. The highest BCUT2D eigenvalue weighted by Gasteiger charge is 2.04. The van der Waals surface area contributed by atoms with Gasteiger partial charge >= 0.3 is 11.9 Å². The number of carbonyl (C=O) groups excluding carboxylic acids is 2. The van der Waals surface area contributed by atoms with E-state index in [1.807, 2.05) is 0 Å². The summed E-state index contributed by atoms with van der Waals surface area (Å²) in [5.74, 6) is 0.0221. The molecule has 0 saturated heterocycles. The summed E-state index contributed by atoms with van der Waals surface area (Å²) in [5.41, 5.74) is 0. The van der Waals surface area contributed by atoms with Gasteiger partial charge in [0.25, 0.3) is 0 Å². The predicted molar refractivity (Wildman–Crippen MR) is 223 cm³/mol. The Morgan fingerprint density at radius 3 is 0.647 bits per heavy atom. The number of carbonyl (C=O) groups is 2. The van der Waals surface area contributed by atoms with Crippen molar-refractivity contribution in [3.63, 3.8) is 0 Å². The lowest BCUT2D eigenvalue weighted by molar-refractivity contribution is -0.144. The van der Waals surface area contributed by atoms with Gasteiger partial charge in [0.15, 0.2) is 0 Å². The number of hydrogen-bond donors (Lipinski definition) is 0. The average Bonchev–Trinajstić information content (AvgIpc) is 3.13. The van der Waals surface area contributed by atoms with Crippen molar-refractivity contribution < 1.29 is 19.1 Å². The van der Waals surface area contributed by atoms with Gasteiger partial charge in [-0.15, -0.1) is 0 Å². The molecule has 0 aliphatic heterocycles. The summed E-state index contributed by atoms with van der Waals surface area (Å²) in [6.45, 7) is 5.78. The third-order valence-electron chi connectivity index (χ3n) is 10.8. The first-order chi connectivity index (χ1) is 25.2. The second kappa shape index (κ2) is 45.1. The average molecular weight is 721 g/mol. The zero-order valence-corrected chi connectivity index (χ0v) is 35.0. The summed E-state index contributed by atoms with van der Waals surface area (Å²) in [7, 11) is 0. The Bertz CT molecular complexity index is 621. The van der Waals surface area contributed by atoms with Crippen molar-refractivity contribution in [1.82, 2.24) is 0 Å². The molecule has 0 aliphatic rings. The first-order valence-electron chi connectivity index (χ1n) is 23.5. The van der Waals surface area contributed by atoms with Crippen LogP contribution >= 0.6 is 0 Å². The molecular weight excluding hydrogens is 629 g/mol. The first-order valence-corrected chi connectivity index (χ1v) is 23.5. The Morgan fingerprint density at radius 2 is 0.431 bits per heavy atom. The highest BCUT2D eigenvalue weighted by molar-refractivity contribution is 5.69. The molecule has 4 nitrogen and oxygen atoms in total. The molecule has 0 amide bonds. The molecule has 0 fully saturated rings. The summed E-state index contributed by atoms with van der Waals surface area (Å²) in [6.07, 6.45) is 52.2. The van der Waals surface area contributed by atoms with Gasteiger partial charge in [-0.2, -0.15) is 0 Å². The van der Waals surface area contributed by atoms with E-state index in [2.05, 4.69) is 13.8 Å². The lowest BCUT2D eigenvalue weighted by Gasteiger charge is -2.06. The molecule has 0 atom stereocenters. The lowest BCUT2D eigenvalue weighted by atomic mass is 10.0. The molecule has 304 valence electrons. The molecule has 0 aromatic carbocycles. The van der Waals surface area contributed by atoms with Gasteiger partial charge in [-0.3, -0.25) is 9.59 Å². The SMILES string of the molecule is CCCCCCCCCCCCCCCC(=O)OCCCCCCCCCCCCCCCOC(=O)CCCCCCCCCCCCCCC. The maximum absolute atomic E-state index is 12.0. The van der Waals surface area contributed by atoms with Crippen LogP contribution in [0.3, 0.4) is 0 Å². The van der Waals surface area contributed by atoms with E-state index in [4.69, 9.17) is 9.47 Å². The number of hydrogen-bond acceptors (Lipinski definition) is 4. The number of ether oxygens (including phenoxy) is 2. The van der Waals surface area contributed by atoms with Gasteiger partial charge in [-0.1, -0.05) is 239 Å². The second-order valence-corrected chi connectivity index (χ2v) is 16.0. The van der Waals surface area contributed by atoms with Crippen molar-refractivity contribution >= 4 is 11.9 Å². The van der Waals surface area contributed by atoms with Crippen LogP contribution in [0.5, 0.6) is 0 Å². The summed E-state index contributed by atoms with van der Waals surface area (Å²) >= 11 is 0. The number of unbranched alkanes of at least 4 members (excludes halogenated alkanes) is 36. The largest absolute Gasteiger partial charge is 0.466 e. The van der Waals surface area contributed by atoms with Gasteiger partial charge in [-0.05, 0) is 25.7 Å². The van der Waals surface area contributed by atoms with Gasteiger partial charge < -0.3 is 9.47 Å². The predicted octanol–water partition coefficient (Wildman–Crippen LogP) is 16.1. The number of rotatable bonds is 44. The fourth-order valence-electron chi connectivity index (χ4n) is 7.24. The monoisotopic (exact) mass is 721 g/mol. The van der Waals surface area contributed by atoms with Gasteiger partial charge in [0.1, 0.15) is 0 Å². The van der Waals surface area contributed by atoms with Crippen LogP contribution in [0.4, 0.5) is 0 Å². The minimum absolute atomic E-state index is 0.0110. The van der Waals surface area contributed by atoms with Gasteiger partial charge in [0.2, 0.25) is 0 Å². The molecule has 0 heterocycles. The molecular formula is C47H92O4. The topological polar surface area (TPSA) is 52.6 Å². The maximum atomic E-state index is 12.0. The molecule has 0 saturated carbocycles. The van der Waals surface area contributed by atoms with Crippen molar-refractivity contribution in [3.8, 4) is 0 Å². The fraction of sp³-hybridized carbons (Fsp3) is 0.957. The highest BCUT2D eigenvalue weighted by atomic mass is 16.5. The quantitative estimate of drug-likeness (QED) is 0.0464. The van der Waals surface area contributed by atoms with E-state index in [-0.39, 0.29) is 11.9 Å². The summed E-state index contributed by atoms with van der Waals surface area (Å²) in [4.78, 5) is 24.0. The first kappa shape index (κ1) is 49.9. The zero-order valence-electron chi connectivity index (χ0n) is 35.0.